The van der Waals surface area contributed by atoms with Crippen LogP contribution in [0.25, 0.3) is 0 Å². The molecule has 0 saturated carbocycles. The van der Waals surface area contributed by atoms with Gasteiger partial charge in [0, 0.05) is 17.5 Å². The van der Waals surface area contributed by atoms with Gasteiger partial charge in [-0.2, -0.15) is 0 Å². The summed E-state index contributed by atoms with van der Waals surface area (Å²) in [7, 11) is -3.53. The molecule has 0 saturated heterocycles. The zero-order valence-electron chi connectivity index (χ0n) is 14.1. The lowest BCUT2D eigenvalue weighted by Gasteiger charge is -2.28. The molecule has 0 spiro atoms. The zero-order chi connectivity index (χ0) is 17.8. The number of rotatable bonds is 6. The highest BCUT2D eigenvalue weighted by Crippen LogP contribution is 2.49. The van der Waals surface area contributed by atoms with E-state index in [1.54, 1.807) is 62.4 Å². The molecule has 0 radical (unpaired) electrons. The molecule has 0 N–H and O–H groups in total. The van der Waals surface area contributed by atoms with Gasteiger partial charge in [0.2, 0.25) is 12.7 Å². The Morgan fingerprint density at radius 3 is 1.71 bits per heavy atom. The smallest absolute Gasteiger partial charge is 0.302 e. The summed E-state index contributed by atoms with van der Waals surface area (Å²) in [5, 5.41) is 0.967. The third-order valence-corrected chi connectivity index (χ3v) is 6.97. The molecule has 0 unspecified atom stereocenters. The van der Waals surface area contributed by atoms with E-state index in [2.05, 4.69) is 0 Å². The molecular weight excluding hydrogens is 323 g/mol. The first-order valence-corrected chi connectivity index (χ1v) is 9.39. The number of hydrogen-bond donors (Lipinski definition) is 0. The van der Waals surface area contributed by atoms with E-state index < -0.39 is 24.1 Å². The van der Waals surface area contributed by atoms with E-state index in [9.17, 15) is 14.2 Å². The second kappa shape index (κ2) is 7.14. The highest BCUT2D eigenvalue weighted by molar-refractivity contribution is 7.93. The molecule has 5 heteroatoms. The van der Waals surface area contributed by atoms with Crippen LogP contribution in [-0.4, -0.2) is 18.1 Å². The molecule has 0 fully saturated rings. The zero-order valence-corrected chi connectivity index (χ0v) is 15.0. The van der Waals surface area contributed by atoms with Crippen LogP contribution in [0.4, 0.5) is 0 Å². The summed E-state index contributed by atoms with van der Waals surface area (Å²) in [5.74, 6) is -0.467. The number of ether oxygens (including phenoxy) is 1. The first kappa shape index (κ1) is 18.2. The Morgan fingerprint density at radius 1 is 0.917 bits per heavy atom. The third kappa shape index (κ3) is 3.65. The van der Waals surface area contributed by atoms with Gasteiger partial charge in [-0.1, -0.05) is 60.7 Å². The number of carbonyl (C=O) groups excluding carboxylic acids is 2. The molecule has 0 heterocycles. The van der Waals surface area contributed by atoms with Crippen molar-refractivity contribution in [2.24, 2.45) is 5.41 Å². The van der Waals surface area contributed by atoms with Crippen LogP contribution < -0.4 is 10.6 Å². The van der Waals surface area contributed by atoms with Crippen LogP contribution in [0.5, 0.6) is 0 Å². The summed E-state index contributed by atoms with van der Waals surface area (Å²) in [6, 6.07) is 17.5. The van der Waals surface area contributed by atoms with Crippen molar-refractivity contribution in [3.8, 4) is 0 Å². The maximum absolute atomic E-state index is 13.9. The number of esters is 1. The van der Waals surface area contributed by atoms with Crippen molar-refractivity contribution in [1.82, 2.24) is 0 Å². The van der Waals surface area contributed by atoms with Crippen LogP contribution in [0, 0.1) is 5.41 Å². The highest BCUT2D eigenvalue weighted by Gasteiger charge is 2.44. The Morgan fingerprint density at radius 2 is 1.33 bits per heavy atom. The maximum atomic E-state index is 13.9. The Bertz CT molecular complexity index is 723. The maximum Gasteiger partial charge on any atom is 0.302 e. The summed E-state index contributed by atoms with van der Waals surface area (Å²) in [5.41, 5.74) is -1.49. The van der Waals surface area contributed by atoms with E-state index in [0.717, 1.165) is 0 Å². The Labute approximate surface area is 142 Å². The number of benzene rings is 2. The van der Waals surface area contributed by atoms with Crippen molar-refractivity contribution in [2.75, 3.05) is 6.61 Å². The fourth-order valence-electron chi connectivity index (χ4n) is 2.43. The van der Waals surface area contributed by atoms with Crippen LogP contribution in [0.15, 0.2) is 60.7 Å². The monoisotopic (exact) mass is 344 g/mol. The fourth-order valence-corrected chi connectivity index (χ4v) is 5.30. The number of carbonyl (C=O) groups is 2. The SMILES string of the molecule is CC(=O)OCC(C)(C)C(=O)P(=O)(c1ccccc1)c1ccccc1. The van der Waals surface area contributed by atoms with Crippen molar-refractivity contribution in [2.45, 2.75) is 20.8 Å². The lowest BCUT2D eigenvalue weighted by Crippen LogP contribution is -2.36. The summed E-state index contributed by atoms with van der Waals surface area (Å²) in [4.78, 5) is 24.3. The molecule has 2 aromatic carbocycles. The molecule has 0 bridgehead atoms. The van der Waals surface area contributed by atoms with Crippen LogP contribution in [0.1, 0.15) is 20.8 Å². The first-order valence-electron chi connectivity index (χ1n) is 7.68. The van der Waals surface area contributed by atoms with Gasteiger partial charge in [-0.3, -0.25) is 9.59 Å². The minimum atomic E-state index is -3.53. The van der Waals surface area contributed by atoms with Gasteiger partial charge in [0.25, 0.3) is 0 Å². The van der Waals surface area contributed by atoms with Crippen LogP contribution >= 0.6 is 7.14 Å². The predicted octanol–water partition coefficient (Wildman–Crippen LogP) is 3.12. The van der Waals surface area contributed by atoms with Crippen LogP contribution in [0.3, 0.4) is 0 Å². The van der Waals surface area contributed by atoms with Crippen molar-refractivity contribution in [1.29, 1.82) is 0 Å². The normalized spacial score (nSPS) is 11.8. The Kier molecular flexibility index (Phi) is 5.40. The van der Waals surface area contributed by atoms with Gasteiger partial charge >= 0.3 is 5.97 Å². The second-order valence-electron chi connectivity index (χ2n) is 6.25. The molecule has 0 atom stereocenters. The van der Waals surface area contributed by atoms with Gasteiger partial charge in [0.15, 0.2) is 0 Å². The standard InChI is InChI=1S/C19H21O4P/c1-15(20)23-14-19(2,3)18(21)24(22,16-10-6-4-7-11-16)17-12-8-5-9-13-17/h4-13H,14H2,1-3H3. The van der Waals surface area contributed by atoms with E-state index in [4.69, 9.17) is 4.74 Å². The largest absolute Gasteiger partial charge is 0.465 e. The molecule has 0 aliphatic rings. The molecule has 0 aliphatic heterocycles. The summed E-state index contributed by atoms with van der Waals surface area (Å²) < 4.78 is 18.9. The molecule has 0 aliphatic carbocycles. The Hall–Kier alpha value is -2.19. The third-order valence-electron chi connectivity index (χ3n) is 3.74. The van der Waals surface area contributed by atoms with E-state index >= 15 is 0 Å². The average Bonchev–Trinajstić information content (AvgIpc) is 2.60. The minimum absolute atomic E-state index is 0.106. The lowest BCUT2D eigenvalue weighted by atomic mass is 9.97. The van der Waals surface area contributed by atoms with Crippen molar-refractivity contribution in [3.63, 3.8) is 0 Å². The average molecular weight is 344 g/mol. The van der Waals surface area contributed by atoms with Crippen LogP contribution in [0.2, 0.25) is 0 Å². The van der Waals surface area contributed by atoms with Gasteiger partial charge in [-0.25, -0.2) is 0 Å². The molecule has 24 heavy (non-hydrogen) atoms. The van der Waals surface area contributed by atoms with Gasteiger partial charge in [0.05, 0.1) is 5.41 Å². The second-order valence-corrected chi connectivity index (χ2v) is 8.91. The molecular formula is C19H21O4P. The summed E-state index contributed by atoms with van der Waals surface area (Å²) >= 11 is 0. The fraction of sp³-hybridized carbons (Fsp3) is 0.263. The van der Waals surface area contributed by atoms with Crippen molar-refractivity contribution >= 4 is 29.2 Å². The van der Waals surface area contributed by atoms with Gasteiger partial charge in [0.1, 0.15) is 6.61 Å². The van der Waals surface area contributed by atoms with Gasteiger partial charge in [-0.15, -0.1) is 0 Å². The topological polar surface area (TPSA) is 60.4 Å². The molecule has 126 valence electrons. The van der Waals surface area contributed by atoms with Crippen molar-refractivity contribution < 1.29 is 18.9 Å². The molecule has 4 nitrogen and oxygen atoms in total. The van der Waals surface area contributed by atoms with E-state index in [1.165, 1.54) is 6.92 Å². The number of hydrogen-bond acceptors (Lipinski definition) is 4. The van der Waals surface area contributed by atoms with E-state index in [-0.39, 0.29) is 6.61 Å². The molecule has 0 amide bonds. The predicted molar refractivity (Wildman–Crippen MR) is 95.2 cm³/mol. The lowest BCUT2D eigenvalue weighted by molar-refractivity contribution is -0.145. The van der Waals surface area contributed by atoms with E-state index in [1.807, 2.05) is 12.1 Å². The summed E-state index contributed by atoms with van der Waals surface area (Å²) in [6.07, 6.45) is 0. The van der Waals surface area contributed by atoms with Crippen LogP contribution in [-0.2, 0) is 18.9 Å². The molecule has 2 aromatic rings. The minimum Gasteiger partial charge on any atom is -0.465 e. The Balaban J connectivity index is 2.54. The molecule has 0 aromatic heterocycles. The molecule has 2 rings (SSSR count). The van der Waals surface area contributed by atoms with Gasteiger partial charge < -0.3 is 9.30 Å². The highest BCUT2D eigenvalue weighted by atomic mass is 31.2. The van der Waals surface area contributed by atoms with Gasteiger partial charge in [-0.05, 0) is 13.8 Å². The quantitative estimate of drug-likeness (QED) is 0.597. The van der Waals surface area contributed by atoms with E-state index in [0.29, 0.717) is 10.6 Å². The summed E-state index contributed by atoms with van der Waals surface area (Å²) in [6.45, 7) is 4.48. The van der Waals surface area contributed by atoms with Crippen molar-refractivity contribution in [3.05, 3.63) is 60.7 Å². The first-order chi connectivity index (χ1) is 11.3.